The molecular weight excluding hydrogens is 148 g/mol. The lowest BCUT2D eigenvalue weighted by atomic mass is 10.7. The van der Waals surface area contributed by atoms with E-state index in [-0.39, 0.29) is 0 Å². The van der Waals surface area contributed by atoms with Crippen molar-refractivity contribution in [2.45, 2.75) is 0 Å². The highest BCUT2D eigenvalue weighted by Gasteiger charge is 1.83. The Morgan fingerprint density at radius 3 is 1.82 bits per heavy atom. The Morgan fingerprint density at radius 1 is 1.00 bits per heavy atom. The summed E-state index contributed by atoms with van der Waals surface area (Å²) in [6.45, 7) is 1.36. The van der Waals surface area contributed by atoms with Crippen LogP contribution in [-0.4, -0.2) is 26.3 Å². The summed E-state index contributed by atoms with van der Waals surface area (Å²) in [6.07, 6.45) is 0. The summed E-state index contributed by atoms with van der Waals surface area (Å²) in [6, 6.07) is 0. The average molecular weight is 156 g/mol. The SMILES string of the molecule is [N-]=[N+]=NCCOCCN=[N+]=[N-]. The highest BCUT2D eigenvalue weighted by Crippen LogP contribution is 1.78. The van der Waals surface area contributed by atoms with Gasteiger partial charge >= 0.3 is 0 Å². The van der Waals surface area contributed by atoms with Gasteiger partial charge in [-0.15, -0.1) is 0 Å². The highest BCUT2D eigenvalue weighted by atomic mass is 16.5. The van der Waals surface area contributed by atoms with Gasteiger partial charge in [0.1, 0.15) is 0 Å². The van der Waals surface area contributed by atoms with Crippen molar-refractivity contribution in [3.05, 3.63) is 20.9 Å². The molecule has 7 nitrogen and oxygen atoms in total. The van der Waals surface area contributed by atoms with Gasteiger partial charge in [0.05, 0.1) is 13.2 Å². The molecule has 0 bridgehead atoms. The van der Waals surface area contributed by atoms with Crippen LogP contribution in [0.15, 0.2) is 10.2 Å². The van der Waals surface area contributed by atoms with Crippen molar-refractivity contribution in [2.75, 3.05) is 26.3 Å². The fourth-order valence-corrected chi connectivity index (χ4v) is 0.402. The molecule has 0 atom stereocenters. The van der Waals surface area contributed by atoms with Crippen molar-refractivity contribution in [2.24, 2.45) is 10.2 Å². The van der Waals surface area contributed by atoms with Gasteiger partial charge in [0.25, 0.3) is 0 Å². The molecule has 0 aliphatic heterocycles. The Bertz CT molecular complexity index is 159. The fraction of sp³-hybridized carbons (Fsp3) is 1.00. The van der Waals surface area contributed by atoms with E-state index in [2.05, 4.69) is 20.1 Å². The van der Waals surface area contributed by atoms with Crippen LogP contribution in [0.3, 0.4) is 0 Å². The van der Waals surface area contributed by atoms with Gasteiger partial charge in [-0.05, 0) is 11.1 Å². The van der Waals surface area contributed by atoms with E-state index in [1.807, 2.05) is 0 Å². The summed E-state index contributed by atoms with van der Waals surface area (Å²) in [4.78, 5) is 5.07. The zero-order valence-corrected chi connectivity index (χ0v) is 5.92. The van der Waals surface area contributed by atoms with E-state index in [9.17, 15) is 0 Å². The van der Waals surface area contributed by atoms with E-state index in [4.69, 9.17) is 15.8 Å². The molecule has 0 radical (unpaired) electrons. The van der Waals surface area contributed by atoms with Crippen molar-refractivity contribution in [3.63, 3.8) is 0 Å². The van der Waals surface area contributed by atoms with Crippen molar-refractivity contribution < 1.29 is 4.74 Å². The van der Waals surface area contributed by atoms with Crippen molar-refractivity contribution >= 4 is 0 Å². The smallest absolute Gasteiger partial charge is 0.0522 e. The van der Waals surface area contributed by atoms with Crippen LogP contribution in [0.5, 0.6) is 0 Å². The predicted molar refractivity (Wildman–Crippen MR) is 38.8 cm³/mol. The summed E-state index contributed by atoms with van der Waals surface area (Å²) in [5, 5.41) is 6.48. The normalized spacial score (nSPS) is 8.00. The Kier molecular flexibility index (Phi) is 7.47. The van der Waals surface area contributed by atoms with Crippen LogP contribution in [0.1, 0.15) is 0 Å². The fourth-order valence-electron chi connectivity index (χ4n) is 0.402. The molecule has 0 spiro atoms. The first-order valence-corrected chi connectivity index (χ1v) is 3.01. The Morgan fingerprint density at radius 2 is 1.45 bits per heavy atom. The second-order valence-electron chi connectivity index (χ2n) is 1.52. The van der Waals surface area contributed by atoms with Crippen LogP contribution in [0.2, 0.25) is 0 Å². The second-order valence-corrected chi connectivity index (χ2v) is 1.52. The highest BCUT2D eigenvalue weighted by molar-refractivity contribution is 4.46. The molecule has 0 N–H and O–H groups in total. The van der Waals surface area contributed by atoms with Gasteiger partial charge in [-0.1, -0.05) is 10.2 Å². The number of rotatable bonds is 6. The lowest BCUT2D eigenvalue weighted by molar-refractivity contribution is 0.149. The van der Waals surface area contributed by atoms with Crippen LogP contribution >= 0.6 is 0 Å². The maximum Gasteiger partial charge on any atom is 0.0522 e. The van der Waals surface area contributed by atoms with Crippen LogP contribution in [0.4, 0.5) is 0 Å². The van der Waals surface area contributed by atoms with Gasteiger partial charge in [-0.3, -0.25) is 0 Å². The lowest BCUT2D eigenvalue weighted by Crippen LogP contribution is -2.01. The first-order valence-electron chi connectivity index (χ1n) is 3.01. The quantitative estimate of drug-likeness (QED) is 0.247. The van der Waals surface area contributed by atoms with E-state index >= 15 is 0 Å². The molecule has 11 heavy (non-hydrogen) atoms. The number of hydrogen-bond acceptors (Lipinski definition) is 3. The van der Waals surface area contributed by atoms with Crippen LogP contribution in [-0.2, 0) is 4.74 Å². The minimum atomic E-state index is 0.312. The van der Waals surface area contributed by atoms with E-state index in [0.29, 0.717) is 26.3 Å². The number of nitrogens with zero attached hydrogens (tertiary/aromatic N) is 6. The van der Waals surface area contributed by atoms with Gasteiger partial charge in [0, 0.05) is 22.9 Å². The lowest BCUT2D eigenvalue weighted by Gasteiger charge is -1.95. The van der Waals surface area contributed by atoms with E-state index < -0.39 is 0 Å². The van der Waals surface area contributed by atoms with Crippen molar-refractivity contribution in [3.8, 4) is 0 Å². The number of hydrogen-bond donors (Lipinski definition) is 0. The monoisotopic (exact) mass is 156 g/mol. The van der Waals surface area contributed by atoms with Gasteiger partial charge in [-0.25, -0.2) is 0 Å². The Hall–Kier alpha value is -1.42. The molecule has 0 aromatic rings. The third kappa shape index (κ3) is 8.58. The molecule has 0 fully saturated rings. The van der Waals surface area contributed by atoms with Crippen molar-refractivity contribution in [1.82, 2.24) is 0 Å². The number of azide groups is 2. The molecule has 60 valence electrons. The molecule has 0 saturated heterocycles. The Balaban J connectivity index is 3.02. The minimum absolute atomic E-state index is 0.312. The van der Waals surface area contributed by atoms with Gasteiger partial charge in [0.15, 0.2) is 0 Å². The summed E-state index contributed by atoms with van der Waals surface area (Å²) in [7, 11) is 0. The minimum Gasteiger partial charge on any atom is -0.381 e. The molecule has 0 aliphatic rings. The van der Waals surface area contributed by atoms with Crippen LogP contribution < -0.4 is 0 Å². The Labute approximate surface area is 63.2 Å². The third-order valence-corrected chi connectivity index (χ3v) is 0.798. The predicted octanol–water partition coefficient (Wildman–Crippen LogP) is 1.62. The molecule has 0 rings (SSSR count). The van der Waals surface area contributed by atoms with E-state index in [0.717, 1.165) is 0 Å². The zero-order valence-electron chi connectivity index (χ0n) is 5.92. The van der Waals surface area contributed by atoms with E-state index in [1.54, 1.807) is 0 Å². The summed E-state index contributed by atoms with van der Waals surface area (Å²) < 4.78 is 4.91. The second kappa shape index (κ2) is 8.58. The molecule has 7 heteroatoms. The molecular formula is C4H8N6O. The summed E-state index contributed by atoms with van der Waals surface area (Å²) >= 11 is 0. The standard InChI is InChI=1S/C4H8N6O/c5-9-7-1-3-11-4-2-8-10-6/h1-4H2. The van der Waals surface area contributed by atoms with Gasteiger partial charge in [0.2, 0.25) is 0 Å². The molecule has 0 heterocycles. The largest absolute Gasteiger partial charge is 0.381 e. The van der Waals surface area contributed by atoms with Crippen LogP contribution in [0, 0.1) is 0 Å². The van der Waals surface area contributed by atoms with E-state index in [1.165, 1.54) is 0 Å². The third-order valence-electron chi connectivity index (χ3n) is 0.798. The summed E-state index contributed by atoms with van der Waals surface area (Å²) in [5.74, 6) is 0. The topological polar surface area (TPSA) is 107 Å². The van der Waals surface area contributed by atoms with Crippen LogP contribution in [0.25, 0.3) is 20.9 Å². The average Bonchev–Trinajstić information content (AvgIpc) is 2.03. The molecule has 0 unspecified atom stereocenters. The van der Waals surface area contributed by atoms with Gasteiger partial charge < -0.3 is 4.74 Å². The molecule has 0 amide bonds. The number of ether oxygens (including phenoxy) is 1. The first kappa shape index (κ1) is 9.58. The molecule has 0 saturated carbocycles. The maximum absolute atomic E-state index is 7.84. The maximum atomic E-state index is 7.84. The summed E-state index contributed by atoms with van der Waals surface area (Å²) in [5.41, 5.74) is 15.7. The van der Waals surface area contributed by atoms with Gasteiger partial charge in [-0.2, -0.15) is 0 Å². The molecule has 0 aromatic carbocycles. The molecule has 0 aliphatic carbocycles. The molecule has 0 aromatic heterocycles. The van der Waals surface area contributed by atoms with Crippen molar-refractivity contribution in [1.29, 1.82) is 0 Å². The zero-order chi connectivity index (χ0) is 8.36. The first-order chi connectivity index (χ1) is 5.41.